The normalized spacial score (nSPS) is 9.18. The molecule has 55 valence electrons. The molecule has 0 saturated heterocycles. The molecule has 0 heterocycles. The molecule has 0 aromatic heterocycles. The van der Waals surface area contributed by atoms with E-state index >= 15 is 0 Å². The third kappa shape index (κ3) is 1.49. The number of carbonyl (C=O) groups is 1. The number of carbonyl (C=O) groups excluding carboxylic acids is 2. The molecule has 1 aromatic rings. The van der Waals surface area contributed by atoms with Gasteiger partial charge in [0.15, 0.2) is 0 Å². The summed E-state index contributed by atoms with van der Waals surface area (Å²) in [6.45, 7) is 0. The molecule has 0 N–H and O–H groups in total. The first-order chi connectivity index (χ1) is 5.25. The van der Waals surface area contributed by atoms with Crippen LogP contribution in [0.5, 0.6) is 0 Å². The van der Waals surface area contributed by atoms with Crippen molar-refractivity contribution in [3.05, 3.63) is 35.6 Å². The van der Waals surface area contributed by atoms with Crippen LogP contribution in [0.15, 0.2) is 24.3 Å². The van der Waals surface area contributed by atoms with Gasteiger partial charge in [0.1, 0.15) is 5.82 Å². The van der Waals surface area contributed by atoms with Gasteiger partial charge in [-0.05, 0) is 12.1 Å². The lowest BCUT2D eigenvalue weighted by molar-refractivity contribution is 0.105. The Hall–Kier alpha value is -1.51. The van der Waals surface area contributed by atoms with E-state index in [0.717, 1.165) is 12.4 Å². The molecule has 1 radical (unpaired) electrons. The second-order valence-electron chi connectivity index (χ2n) is 1.91. The monoisotopic (exact) mass is 151 g/mol. The summed E-state index contributed by atoms with van der Waals surface area (Å²) in [5.74, 6) is -1.65. The standard InChI is InChI=1S/C8H4FO2/c9-7-4-2-1-3-6(7)8(11)5-10/h1-4H. The molecule has 0 fully saturated rings. The number of benzene rings is 1. The Bertz CT molecular complexity index is 294. The van der Waals surface area contributed by atoms with Gasteiger partial charge in [0.2, 0.25) is 5.78 Å². The van der Waals surface area contributed by atoms with Gasteiger partial charge in [0.25, 0.3) is 6.29 Å². The highest BCUT2D eigenvalue weighted by atomic mass is 19.1. The summed E-state index contributed by atoms with van der Waals surface area (Å²) < 4.78 is 12.6. The summed E-state index contributed by atoms with van der Waals surface area (Å²) in [5.41, 5.74) is -0.234. The van der Waals surface area contributed by atoms with Crippen molar-refractivity contribution < 1.29 is 14.0 Å². The third-order valence-corrected chi connectivity index (χ3v) is 1.21. The van der Waals surface area contributed by atoms with Gasteiger partial charge in [-0.3, -0.25) is 9.59 Å². The van der Waals surface area contributed by atoms with E-state index in [2.05, 4.69) is 0 Å². The van der Waals surface area contributed by atoms with E-state index in [9.17, 15) is 14.0 Å². The van der Waals surface area contributed by atoms with Gasteiger partial charge >= 0.3 is 0 Å². The van der Waals surface area contributed by atoms with Crippen LogP contribution >= 0.6 is 0 Å². The number of Topliss-reactive ketones (excluding diaryl/α,β-unsaturated/α-hetero) is 1. The zero-order valence-corrected chi connectivity index (χ0v) is 5.50. The molecule has 0 aliphatic rings. The number of ketones is 1. The molecule has 11 heavy (non-hydrogen) atoms. The minimum absolute atomic E-state index is 0.234. The van der Waals surface area contributed by atoms with Crippen LogP contribution in [0.2, 0.25) is 0 Å². The molecular weight excluding hydrogens is 147 g/mol. The van der Waals surface area contributed by atoms with Crippen molar-refractivity contribution in [3.8, 4) is 0 Å². The Balaban J connectivity index is 3.13. The van der Waals surface area contributed by atoms with Gasteiger partial charge in [-0.1, -0.05) is 12.1 Å². The van der Waals surface area contributed by atoms with Crippen LogP contribution in [0.4, 0.5) is 4.39 Å². The van der Waals surface area contributed by atoms with Crippen molar-refractivity contribution in [2.45, 2.75) is 0 Å². The molecule has 0 saturated carbocycles. The van der Waals surface area contributed by atoms with E-state index in [4.69, 9.17) is 0 Å². The molecule has 3 heteroatoms. The molecule has 0 bridgehead atoms. The number of hydrogen-bond acceptors (Lipinski definition) is 2. The molecule has 1 rings (SSSR count). The molecule has 0 amide bonds. The summed E-state index contributed by atoms with van der Waals surface area (Å²) in [4.78, 5) is 20.4. The van der Waals surface area contributed by atoms with Gasteiger partial charge < -0.3 is 0 Å². The Kier molecular flexibility index (Phi) is 2.11. The lowest BCUT2D eigenvalue weighted by atomic mass is 10.1. The smallest absolute Gasteiger partial charge is 0.277 e. The van der Waals surface area contributed by atoms with Crippen LogP contribution in [0.1, 0.15) is 10.4 Å². The molecule has 0 aliphatic heterocycles. The van der Waals surface area contributed by atoms with Gasteiger partial charge in [0.05, 0.1) is 5.56 Å². The molecule has 2 nitrogen and oxygen atoms in total. The van der Waals surface area contributed by atoms with Gasteiger partial charge in [-0.25, -0.2) is 4.39 Å². The van der Waals surface area contributed by atoms with Crippen molar-refractivity contribution in [2.24, 2.45) is 0 Å². The summed E-state index contributed by atoms with van der Waals surface area (Å²) in [6.07, 6.45) is 1.09. The largest absolute Gasteiger partial charge is 0.285 e. The van der Waals surface area contributed by atoms with Crippen LogP contribution in [0, 0.1) is 5.82 Å². The zero-order valence-electron chi connectivity index (χ0n) is 5.50. The fourth-order valence-electron chi connectivity index (χ4n) is 0.700. The van der Waals surface area contributed by atoms with E-state index in [1.807, 2.05) is 0 Å². The fraction of sp³-hybridized carbons (Fsp3) is 0. The third-order valence-electron chi connectivity index (χ3n) is 1.21. The quantitative estimate of drug-likeness (QED) is 0.468. The van der Waals surface area contributed by atoms with Crippen molar-refractivity contribution in [2.75, 3.05) is 0 Å². The van der Waals surface area contributed by atoms with Crippen LogP contribution in [0.3, 0.4) is 0 Å². The van der Waals surface area contributed by atoms with Gasteiger partial charge in [0, 0.05) is 0 Å². The summed E-state index contributed by atoms with van der Waals surface area (Å²) in [5, 5.41) is 0. The maximum atomic E-state index is 12.6. The second-order valence-corrected chi connectivity index (χ2v) is 1.91. The van der Waals surface area contributed by atoms with Crippen molar-refractivity contribution >= 4 is 12.1 Å². The van der Waals surface area contributed by atoms with Crippen LogP contribution in [0.25, 0.3) is 0 Å². The first-order valence-corrected chi connectivity index (χ1v) is 2.92. The highest BCUT2D eigenvalue weighted by molar-refractivity contribution is 6.33. The lowest BCUT2D eigenvalue weighted by Crippen LogP contribution is -2.02. The molecule has 0 atom stereocenters. The Labute approximate surface area is 62.6 Å². The zero-order chi connectivity index (χ0) is 8.27. The molecule has 0 aliphatic carbocycles. The average Bonchev–Trinajstić information content (AvgIpc) is 2.04. The van der Waals surface area contributed by atoms with E-state index in [1.165, 1.54) is 18.2 Å². The highest BCUT2D eigenvalue weighted by Crippen LogP contribution is 2.05. The summed E-state index contributed by atoms with van der Waals surface area (Å²) in [7, 11) is 0. The average molecular weight is 151 g/mol. The first kappa shape index (κ1) is 7.60. The first-order valence-electron chi connectivity index (χ1n) is 2.92. The van der Waals surface area contributed by atoms with E-state index in [0.29, 0.717) is 0 Å². The number of hydrogen-bond donors (Lipinski definition) is 0. The Morgan fingerprint density at radius 2 is 2.00 bits per heavy atom. The van der Waals surface area contributed by atoms with Crippen molar-refractivity contribution in [1.29, 1.82) is 0 Å². The number of rotatable bonds is 2. The van der Waals surface area contributed by atoms with Crippen LogP contribution in [-0.4, -0.2) is 12.1 Å². The number of halogens is 1. The van der Waals surface area contributed by atoms with E-state index in [1.54, 1.807) is 0 Å². The van der Waals surface area contributed by atoms with Gasteiger partial charge in [-0.2, -0.15) is 0 Å². The maximum absolute atomic E-state index is 12.6. The maximum Gasteiger partial charge on any atom is 0.277 e. The SMILES string of the molecule is O=[C]C(=O)c1ccccc1F. The van der Waals surface area contributed by atoms with Crippen LogP contribution < -0.4 is 0 Å². The second kappa shape index (κ2) is 3.05. The molecule has 0 unspecified atom stereocenters. The summed E-state index contributed by atoms with van der Waals surface area (Å²) in [6, 6.07) is 5.28. The Morgan fingerprint density at radius 3 is 2.55 bits per heavy atom. The van der Waals surface area contributed by atoms with Gasteiger partial charge in [-0.15, -0.1) is 0 Å². The fourth-order valence-corrected chi connectivity index (χ4v) is 0.700. The molecule has 1 aromatic carbocycles. The van der Waals surface area contributed by atoms with Crippen molar-refractivity contribution in [1.82, 2.24) is 0 Å². The molecule has 0 spiro atoms. The highest BCUT2D eigenvalue weighted by Gasteiger charge is 2.09. The predicted octanol–water partition coefficient (Wildman–Crippen LogP) is 1.12. The van der Waals surface area contributed by atoms with E-state index in [-0.39, 0.29) is 5.56 Å². The lowest BCUT2D eigenvalue weighted by Gasteiger charge is -1.92. The predicted molar refractivity (Wildman–Crippen MR) is 36.4 cm³/mol. The van der Waals surface area contributed by atoms with Crippen LogP contribution in [-0.2, 0) is 4.79 Å². The van der Waals surface area contributed by atoms with Crippen molar-refractivity contribution in [3.63, 3.8) is 0 Å². The Morgan fingerprint density at radius 1 is 1.36 bits per heavy atom. The minimum atomic E-state index is -0.955. The van der Waals surface area contributed by atoms with E-state index < -0.39 is 11.6 Å². The topological polar surface area (TPSA) is 34.1 Å². The minimum Gasteiger partial charge on any atom is -0.285 e. The molecular formula is C8H4FO2. The summed E-state index contributed by atoms with van der Waals surface area (Å²) >= 11 is 0.